The van der Waals surface area contributed by atoms with E-state index in [1.165, 1.54) is 0 Å². The molecule has 0 fully saturated rings. The van der Waals surface area contributed by atoms with E-state index in [9.17, 15) is 0 Å². The zero-order valence-electron chi connectivity index (χ0n) is 19.1. The van der Waals surface area contributed by atoms with Crippen LogP contribution in [-0.4, -0.2) is 29.9 Å². The molecule has 0 aliphatic heterocycles. The predicted molar refractivity (Wildman–Crippen MR) is 142 cm³/mol. The molecule has 0 unspecified atom stereocenters. The normalized spacial score (nSPS) is 11.3. The van der Waals surface area contributed by atoms with Gasteiger partial charge in [-0.25, -0.2) is 15.0 Å². The Morgan fingerprint density at radius 3 is 0.917 bits per heavy atom. The highest BCUT2D eigenvalue weighted by Crippen LogP contribution is 2.32. The van der Waals surface area contributed by atoms with Gasteiger partial charge in [0.15, 0.2) is 0 Å². The van der Waals surface area contributed by atoms with Gasteiger partial charge in [0, 0.05) is 16.7 Å². The molecule has 0 bridgehead atoms. The zero-order valence-corrected chi connectivity index (χ0v) is 19.1. The van der Waals surface area contributed by atoms with Crippen molar-refractivity contribution in [2.75, 3.05) is 0 Å². The third-order valence-corrected chi connectivity index (χ3v) is 6.17. The fraction of sp³-hybridized carbons (Fsp3) is 0. The van der Waals surface area contributed by atoms with E-state index in [2.05, 4.69) is 33.2 Å². The number of hydrogen-bond acceptors (Lipinski definition) is 6. The molecule has 7 rings (SSSR count). The molecule has 0 N–H and O–H groups in total. The number of benzene rings is 4. The van der Waals surface area contributed by atoms with Gasteiger partial charge in [-0.3, -0.25) is 15.0 Å². The standard InChI is InChI=1S/C30H18N6/c1-4-10-25-22(7-1)31-16-28(34-25)19-13-20(29-17-32-23-8-2-5-11-26(23)35-29)15-21(14-19)30-18-33-24-9-3-6-12-27(24)36-30/h1-18H. The lowest BCUT2D eigenvalue weighted by molar-refractivity contribution is 1.27. The molecular formula is C30H18N6. The van der Waals surface area contributed by atoms with E-state index in [4.69, 9.17) is 15.0 Å². The first-order valence-electron chi connectivity index (χ1n) is 11.6. The number of para-hydroxylation sites is 6. The van der Waals surface area contributed by atoms with Crippen LogP contribution < -0.4 is 0 Å². The number of nitrogens with zero attached hydrogens (tertiary/aromatic N) is 6. The van der Waals surface area contributed by atoms with E-state index in [1.54, 1.807) is 0 Å². The molecule has 6 nitrogen and oxygen atoms in total. The van der Waals surface area contributed by atoms with Gasteiger partial charge in [-0.05, 0) is 54.6 Å². The lowest BCUT2D eigenvalue weighted by Gasteiger charge is -2.11. The molecule has 6 heteroatoms. The topological polar surface area (TPSA) is 77.3 Å². The van der Waals surface area contributed by atoms with Crippen molar-refractivity contribution in [3.8, 4) is 33.8 Å². The molecule has 0 aliphatic rings. The molecule has 168 valence electrons. The monoisotopic (exact) mass is 462 g/mol. The second-order valence-electron chi connectivity index (χ2n) is 8.53. The van der Waals surface area contributed by atoms with Crippen LogP contribution in [0.5, 0.6) is 0 Å². The summed E-state index contributed by atoms with van der Waals surface area (Å²) in [4.78, 5) is 28.5. The first kappa shape index (κ1) is 20.3. The van der Waals surface area contributed by atoms with E-state index in [0.29, 0.717) is 0 Å². The lowest BCUT2D eigenvalue weighted by Crippen LogP contribution is -1.94. The second-order valence-corrected chi connectivity index (χ2v) is 8.53. The molecule has 0 atom stereocenters. The quantitative estimate of drug-likeness (QED) is 0.298. The van der Waals surface area contributed by atoms with E-state index in [-0.39, 0.29) is 0 Å². The summed E-state index contributed by atoms with van der Waals surface area (Å²) in [5.41, 5.74) is 10.2. The van der Waals surface area contributed by atoms with Crippen molar-refractivity contribution in [1.82, 2.24) is 29.9 Å². The second kappa shape index (κ2) is 8.29. The van der Waals surface area contributed by atoms with Crippen LogP contribution in [-0.2, 0) is 0 Å². The third kappa shape index (κ3) is 3.61. The maximum atomic E-state index is 4.88. The summed E-state index contributed by atoms with van der Waals surface area (Å²) >= 11 is 0. The number of aromatic nitrogens is 6. The highest BCUT2D eigenvalue weighted by atomic mass is 14.8. The van der Waals surface area contributed by atoms with Crippen molar-refractivity contribution in [2.24, 2.45) is 0 Å². The predicted octanol–water partition coefficient (Wildman–Crippen LogP) is 6.52. The Kier molecular flexibility index (Phi) is 4.67. The average Bonchev–Trinajstić information content (AvgIpc) is 2.96. The molecule has 3 heterocycles. The summed E-state index contributed by atoms with van der Waals surface area (Å²) < 4.78 is 0. The highest BCUT2D eigenvalue weighted by molar-refractivity contribution is 5.84. The third-order valence-electron chi connectivity index (χ3n) is 6.17. The first-order chi connectivity index (χ1) is 17.8. The molecular weight excluding hydrogens is 444 g/mol. The van der Waals surface area contributed by atoms with Crippen LogP contribution in [0, 0.1) is 0 Å². The van der Waals surface area contributed by atoms with Crippen LogP contribution in [0.4, 0.5) is 0 Å². The number of hydrogen-bond donors (Lipinski definition) is 0. The van der Waals surface area contributed by atoms with Crippen LogP contribution in [0.1, 0.15) is 0 Å². The van der Waals surface area contributed by atoms with Gasteiger partial charge in [-0.1, -0.05) is 36.4 Å². The first-order valence-corrected chi connectivity index (χ1v) is 11.6. The lowest BCUT2D eigenvalue weighted by atomic mass is 10.00. The maximum absolute atomic E-state index is 4.88. The van der Waals surface area contributed by atoms with Gasteiger partial charge in [0.25, 0.3) is 0 Å². The molecule has 3 aromatic heterocycles. The summed E-state index contributed by atoms with van der Waals surface area (Å²) in [6, 6.07) is 29.8. The molecule has 0 saturated carbocycles. The van der Waals surface area contributed by atoms with Crippen molar-refractivity contribution in [1.29, 1.82) is 0 Å². The van der Waals surface area contributed by atoms with E-state index in [0.717, 1.165) is 66.9 Å². The van der Waals surface area contributed by atoms with E-state index in [1.807, 2.05) is 91.4 Å². The summed E-state index contributed by atoms with van der Waals surface area (Å²) in [5.74, 6) is 0. The molecule has 0 saturated heterocycles. The Morgan fingerprint density at radius 1 is 0.333 bits per heavy atom. The van der Waals surface area contributed by atoms with Crippen LogP contribution >= 0.6 is 0 Å². The average molecular weight is 463 g/mol. The number of rotatable bonds is 3. The minimum Gasteiger partial charge on any atom is -0.252 e. The Labute approximate surface area is 206 Å². The Morgan fingerprint density at radius 2 is 0.611 bits per heavy atom. The van der Waals surface area contributed by atoms with E-state index < -0.39 is 0 Å². The van der Waals surface area contributed by atoms with Gasteiger partial charge in [0.1, 0.15) is 0 Å². The highest BCUT2D eigenvalue weighted by Gasteiger charge is 2.12. The molecule has 0 aliphatic carbocycles. The van der Waals surface area contributed by atoms with Crippen LogP contribution in [0.2, 0.25) is 0 Å². The van der Waals surface area contributed by atoms with Crippen LogP contribution in [0.15, 0.2) is 110 Å². The van der Waals surface area contributed by atoms with Crippen LogP contribution in [0.25, 0.3) is 66.9 Å². The van der Waals surface area contributed by atoms with E-state index >= 15 is 0 Å². The Hall–Kier alpha value is -5.10. The van der Waals surface area contributed by atoms with Crippen molar-refractivity contribution >= 4 is 33.1 Å². The van der Waals surface area contributed by atoms with Gasteiger partial charge in [-0.2, -0.15) is 0 Å². The fourth-order valence-corrected chi connectivity index (χ4v) is 4.36. The van der Waals surface area contributed by atoms with Crippen molar-refractivity contribution in [3.63, 3.8) is 0 Å². The molecule has 36 heavy (non-hydrogen) atoms. The smallest absolute Gasteiger partial charge is 0.0894 e. The molecule has 0 radical (unpaired) electrons. The van der Waals surface area contributed by atoms with Gasteiger partial charge < -0.3 is 0 Å². The van der Waals surface area contributed by atoms with Gasteiger partial charge in [-0.15, -0.1) is 0 Å². The molecule has 4 aromatic carbocycles. The van der Waals surface area contributed by atoms with Crippen molar-refractivity contribution < 1.29 is 0 Å². The fourth-order valence-electron chi connectivity index (χ4n) is 4.36. The summed E-state index contributed by atoms with van der Waals surface area (Å²) in [6.07, 6.45) is 5.43. The summed E-state index contributed by atoms with van der Waals surface area (Å²) in [7, 11) is 0. The summed E-state index contributed by atoms with van der Waals surface area (Å²) in [5, 5.41) is 0. The number of fused-ring (bicyclic) bond motifs is 3. The Balaban J connectivity index is 1.45. The Bertz CT molecular complexity index is 1680. The molecule has 0 amide bonds. The van der Waals surface area contributed by atoms with Crippen LogP contribution in [0.3, 0.4) is 0 Å². The van der Waals surface area contributed by atoms with Gasteiger partial charge in [0.05, 0.1) is 68.8 Å². The largest absolute Gasteiger partial charge is 0.252 e. The molecule has 0 spiro atoms. The minimum absolute atomic E-state index is 0.777. The van der Waals surface area contributed by atoms with Gasteiger partial charge >= 0.3 is 0 Å². The molecule has 7 aromatic rings. The zero-order chi connectivity index (χ0) is 23.9. The SMILES string of the molecule is c1ccc2nc(-c3cc(-c4cnc5ccccc5n4)cc(-c4cnc5ccccc5n4)c3)cnc2c1. The maximum Gasteiger partial charge on any atom is 0.0894 e. The van der Waals surface area contributed by atoms with Crippen molar-refractivity contribution in [3.05, 3.63) is 110 Å². The van der Waals surface area contributed by atoms with Gasteiger partial charge in [0.2, 0.25) is 0 Å². The van der Waals surface area contributed by atoms with Crippen molar-refractivity contribution in [2.45, 2.75) is 0 Å². The minimum atomic E-state index is 0.777. The summed E-state index contributed by atoms with van der Waals surface area (Å²) in [6.45, 7) is 0.